The first-order valence-electron chi connectivity index (χ1n) is 9.21. The molecule has 1 unspecified atom stereocenters. The van der Waals surface area contributed by atoms with Gasteiger partial charge in [0.05, 0.1) is 13.2 Å². The maximum Gasteiger partial charge on any atom is 0.267 e. The molecule has 0 saturated carbocycles. The molecule has 0 heterocycles. The molecule has 1 amide bonds. The fourth-order valence-corrected chi connectivity index (χ4v) is 3.69. The number of hydroxylamine groups is 1. The molecule has 2 aromatic carbocycles. The third-order valence-electron chi connectivity index (χ3n) is 5.03. The van der Waals surface area contributed by atoms with Gasteiger partial charge in [-0.05, 0) is 41.2 Å². The van der Waals surface area contributed by atoms with Gasteiger partial charge in [-0.15, -0.1) is 0 Å². The van der Waals surface area contributed by atoms with Crippen molar-refractivity contribution in [1.29, 1.82) is 0 Å². The normalized spacial score (nSPS) is 15.6. The molecule has 1 aliphatic carbocycles. The summed E-state index contributed by atoms with van der Waals surface area (Å²) in [7, 11) is 0. The Morgan fingerprint density at radius 3 is 2.75 bits per heavy atom. The molecule has 0 fully saturated rings. The smallest absolute Gasteiger partial charge is 0.267 e. The number of carbonyl (C=O) groups excluding carboxylic acids is 1. The van der Waals surface area contributed by atoms with E-state index in [1.54, 1.807) is 11.6 Å². The number of nitrogens with one attached hydrogen (secondary N) is 1. The average Bonchev–Trinajstić information content (AvgIpc) is 3.15. The van der Waals surface area contributed by atoms with Gasteiger partial charge in [-0.1, -0.05) is 42.5 Å². The molecule has 6 nitrogen and oxygen atoms in total. The van der Waals surface area contributed by atoms with Crippen molar-refractivity contribution in [3.05, 3.63) is 82.2 Å². The number of benzene rings is 2. The first-order chi connectivity index (χ1) is 13.6. The van der Waals surface area contributed by atoms with E-state index < -0.39 is 5.91 Å². The van der Waals surface area contributed by atoms with Crippen LogP contribution in [-0.2, 0) is 17.8 Å². The molecule has 0 saturated heterocycles. The zero-order valence-electron chi connectivity index (χ0n) is 15.5. The summed E-state index contributed by atoms with van der Waals surface area (Å²) >= 11 is 0. The standard InChI is InChI=1S/C22H23N3O3/c1-23-19-7-2-17(3-8-19)15-25(12-13-26)21-10-6-18-14-16(4-9-20(18)21)5-11-22(27)24-28/h2-5,7-9,11,14,21,26,28H,6,10,12-13,15H2,(H,24,27). The van der Waals surface area contributed by atoms with Gasteiger partial charge in [-0.2, -0.15) is 0 Å². The van der Waals surface area contributed by atoms with Gasteiger partial charge < -0.3 is 5.11 Å². The van der Waals surface area contributed by atoms with Crippen LogP contribution in [0.1, 0.15) is 34.7 Å². The summed E-state index contributed by atoms with van der Waals surface area (Å²) in [5.74, 6) is -0.559. The SMILES string of the molecule is [C-]#[N+]c1ccc(CN(CCO)C2CCc3cc(C=CC(=O)NO)ccc32)cc1. The summed E-state index contributed by atoms with van der Waals surface area (Å²) in [5.41, 5.74) is 6.71. The second-order valence-corrected chi connectivity index (χ2v) is 6.79. The van der Waals surface area contributed by atoms with E-state index in [4.69, 9.17) is 11.8 Å². The molecule has 28 heavy (non-hydrogen) atoms. The van der Waals surface area contributed by atoms with Gasteiger partial charge in [0.15, 0.2) is 5.69 Å². The van der Waals surface area contributed by atoms with Crippen LogP contribution >= 0.6 is 0 Å². The number of aliphatic hydroxyl groups is 1. The highest BCUT2D eigenvalue weighted by molar-refractivity contribution is 5.90. The Hall–Kier alpha value is -2.98. The molecule has 6 heteroatoms. The molecular weight excluding hydrogens is 354 g/mol. The van der Waals surface area contributed by atoms with Crippen LogP contribution < -0.4 is 5.48 Å². The molecule has 1 aliphatic rings. The Morgan fingerprint density at radius 2 is 2.07 bits per heavy atom. The van der Waals surface area contributed by atoms with Crippen LogP contribution in [0.4, 0.5) is 5.69 Å². The Balaban J connectivity index is 1.77. The maximum absolute atomic E-state index is 11.2. The molecule has 0 aliphatic heterocycles. The van der Waals surface area contributed by atoms with Crippen LogP contribution in [-0.4, -0.2) is 34.3 Å². The monoisotopic (exact) mass is 377 g/mol. The molecule has 0 aromatic heterocycles. The first kappa shape index (κ1) is 19.8. The zero-order chi connectivity index (χ0) is 19.9. The summed E-state index contributed by atoms with van der Waals surface area (Å²) in [6.07, 6.45) is 4.87. The molecule has 0 spiro atoms. The summed E-state index contributed by atoms with van der Waals surface area (Å²) in [6, 6.07) is 13.9. The highest BCUT2D eigenvalue weighted by Crippen LogP contribution is 2.37. The van der Waals surface area contributed by atoms with E-state index in [0.717, 1.165) is 24.0 Å². The number of amides is 1. The number of carbonyl (C=O) groups is 1. The lowest BCUT2D eigenvalue weighted by Gasteiger charge is -2.29. The molecule has 3 rings (SSSR count). The van der Waals surface area contributed by atoms with Gasteiger partial charge in [-0.25, -0.2) is 10.3 Å². The number of fused-ring (bicyclic) bond motifs is 1. The lowest BCUT2D eigenvalue weighted by atomic mass is 10.0. The minimum atomic E-state index is -0.559. The molecule has 3 N–H and O–H groups in total. The van der Waals surface area contributed by atoms with Gasteiger partial charge in [0.2, 0.25) is 0 Å². The molecule has 0 bridgehead atoms. The number of hydrogen-bond donors (Lipinski definition) is 3. The molecule has 1 atom stereocenters. The van der Waals surface area contributed by atoms with Crippen molar-refractivity contribution in [1.82, 2.24) is 10.4 Å². The first-order valence-corrected chi connectivity index (χ1v) is 9.21. The summed E-state index contributed by atoms with van der Waals surface area (Å²) in [5, 5.41) is 18.1. The Labute approximate surface area is 164 Å². The van der Waals surface area contributed by atoms with E-state index in [0.29, 0.717) is 18.8 Å². The zero-order valence-corrected chi connectivity index (χ0v) is 15.5. The molecule has 2 aromatic rings. The van der Waals surface area contributed by atoms with Crippen molar-refractivity contribution < 1.29 is 15.1 Å². The van der Waals surface area contributed by atoms with Crippen LogP contribution in [0.25, 0.3) is 10.9 Å². The third kappa shape index (κ3) is 4.65. The van der Waals surface area contributed by atoms with Crippen LogP contribution in [0.5, 0.6) is 0 Å². The minimum Gasteiger partial charge on any atom is -0.395 e. The van der Waals surface area contributed by atoms with Crippen LogP contribution in [0, 0.1) is 6.57 Å². The maximum atomic E-state index is 11.2. The number of rotatable bonds is 7. The second kappa shape index (κ2) is 9.29. The number of hydrogen-bond acceptors (Lipinski definition) is 4. The minimum absolute atomic E-state index is 0.0864. The summed E-state index contributed by atoms with van der Waals surface area (Å²) < 4.78 is 0. The quantitative estimate of drug-likeness (QED) is 0.300. The third-order valence-corrected chi connectivity index (χ3v) is 5.03. The lowest BCUT2D eigenvalue weighted by Crippen LogP contribution is -2.30. The van der Waals surface area contributed by atoms with Gasteiger partial charge >= 0.3 is 0 Å². The lowest BCUT2D eigenvalue weighted by molar-refractivity contribution is -0.124. The van der Waals surface area contributed by atoms with Crippen molar-refractivity contribution in [3.63, 3.8) is 0 Å². The van der Waals surface area contributed by atoms with E-state index >= 15 is 0 Å². The summed E-state index contributed by atoms with van der Waals surface area (Å²) in [4.78, 5) is 16.8. The highest BCUT2D eigenvalue weighted by Gasteiger charge is 2.27. The van der Waals surface area contributed by atoms with Crippen LogP contribution in [0.2, 0.25) is 0 Å². The molecule has 0 radical (unpaired) electrons. The average molecular weight is 377 g/mol. The fourth-order valence-electron chi connectivity index (χ4n) is 3.69. The van der Waals surface area contributed by atoms with Crippen molar-refractivity contribution >= 4 is 17.7 Å². The van der Waals surface area contributed by atoms with Gasteiger partial charge in [0.25, 0.3) is 5.91 Å². The van der Waals surface area contributed by atoms with E-state index in [1.807, 2.05) is 30.3 Å². The number of nitrogens with zero attached hydrogens (tertiary/aromatic N) is 2. The Morgan fingerprint density at radius 1 is 1.29 bits per heavy atom. The van der Waals surface area contributed by atoms with Gasteiger partial charge in [-0.3, -0.25) is 14.9 Å². The predicted octanol–water partition coefficient (Wildman–Crippen LogP) is 3.24. The number of aliphatic hydroxyl groups excluding tert-OH is 1. The topological polar surface area (TPSA) is 77.2 Å². The summed E-state index contributed by atoms with van der Waals surface area (Å²) in [6.45, 7) is 8.44. The Bertz CT molecular complexity index is 900. The van der Waals surface area contributed by atoms with Gasteiger partial charge in [0.1, 0.15) is 0 Å². The van der Waals surface area contributed by atoms with E-state index in [-0.39, 0.29) is 12.6 Å². The highest BCUT2D eigenvalue weighted by atomic mass is 16.5. The fraction of sp³-hybridized carbons (Fsp3) is 0.273. The Kier molecular flexibility index (Phi) is 6.56. The van der Waals surface area contributed by atoms with Crippen LogP contribution in [0.3, 0.4) is 0 Å². The van der Waals surface area contributed by atoms with Crippen molar-refractivity contribution in [2.75, 3.05) is 13.2 Å². The largest absolute Gasteiger partial charge is 0.395 e. The van der Waals surface area contributed by atoms with Crippen molar-refractivity contribution in [2.24, 2.45) is 0 Å². The van der Waals surface area contributed by atoms with E-state index in [2.05, 4.69) is 21.9 Å². The van der Waals surface area contributed by atoms with Crippen molar-refractivity contribution in [3.8, 4) is 0 Å². The predicted molar refractivity (Wildman–Crippen MR) is 107 cm³/mol. The van der Waals surface area contributed by atoms with Crippen molar-refractivity contribution in [2.45, 2.75) is 25.4 Å². The molecular formula is C22H23N3O3. The molecule has 144 valence electrons. The van der Waals surface area contributed by atoms with Crippen LogP contribution in [0.15, 0.2) is 48.5 Å². The second-order valence-electron chi connectivity index (χ2n) is 6.79. The van der Waals surface area contributed by atoms with Gasteiger partial charge in [0, 0.05) is 25.2 Å². The number of aryl methyl sites for hydroxylation is 1. The van der Waals surface area contributed by atoms with E-state index in [1.165, 1.54) is 17.2 Å². The van der Waals surface area contributed by atoms with E-state index in [9.17, 15) is 9.90 Å².